The maximum Gasteiger partial charge on any atom is 0.239 e. The van der Waals surface area contributed by atoms with Crippen LogP contribution in [0.1, 0.15) is 41.7 Å². The van der Waals surface area contributed by atoms with E-state index in [9.17, 15) is 14.4 Å². The zero-order chi connectivity index (χ0) is 20.3. The highest BCUT2D eigenvalue weighted by Crippen LogP contribution is 2.39. The van der Waals surface area contributed by atoms with Gasteiger partial charge < -0.3 is 15.0 Å². The van der Waals surface area contributed by atoms with Gasteiger partial charge in [0.1, 0.15) is 11.4 Å². The van der Waals surface area contributed by atoms with Gasteiger partial charge in [0.2, 0.25) is 11.8 Å². The van der Waals surface area contributed by atoms with Crippen molar-refractivity contribution in [2.45, 2.75) is 37.8 Å². The Kier molecular flexibility index (Phi) is 5.29. The van der Waals surface area contributed by atoms with Crippen LogP contribution >= 0.6 is 0 Å². The molecule has 2 amide bonds. The van der Waals surface area contributed by atoms with E-state index in [1.54, 1.807) is 23.2 Å². The fraction of sp³-hybridized carbons (Fsp3) is 0.364. The Balaban J connectivity index is 1.38. The average Bonchev–Trinajstić information content (AvgIpc) is 2.87. The number of carbonyl (C=O) groups excluding carboxylic acids is 3. The van der Waals surface area contributed by atoms with E-state index in [-0.39, 0.29) is 37.0 Å². The molecule has 0 radical (unpaired) electrons. The van der Waals surface area contributed by atoms with E-state index < -0.39 is 5.60 Å². The normalized spacial score (nSPS) is 21.3. The minimum absolute atomic E-state index is 0.00766. The molecule has 150 valence electrons. The predicted octanol–water partition coefficient (Wildman–Crippen LogP) is 2.11. The zero-order valence-corrected chi connectivity index (χ0v) is 16.1. The molecule has 0 saturated carbocycles. The van der Waals surface area contributed by atoms with E-state index in [2.05, 4.69) is 10.3 Å². The molecule has 2 aromatic rings. The number of Topliss-reactive ketones (excluding diaryl/α,β-unsaturated/α-hetero) is 1. The highest BCUT2D eigenvalue weighted by Gasteiger charge is 2.43. The van der Waals surface area contributed by atoms with Crippen molar-refractivity contribution in [3.63, 3.8) is 0 Å². The van der Waals surface area contributed by atoms with Gasteiger partial charge in [-0.15, -0.1) is 0 Å². The van der Waals surface area contributed by atoms with Crippen LogP contribution in [0.3, 0.4) is 0 Å². The van der Waals surface area contributed by atoms with Crippen LogP contribution < -0.4 is 10.1 Å². The number of likely N-dealkylation sites (tertiary alicyclic amines) is 1. The number of aromatic nitrogens is 1. The second-order valence-electron chi connectivity index (χ2n) is 7.54. The molecule has 1 aromatic heterocycles. The molecule has 1 atom stereocenters. The van der Waals surface area contributed by atoms with E-state index in [0.717, 1.165) is 5.69 Å². The van der Waals surface area contributed by atoms with Crippen LogP contribution in [0.25, 0.3) is 0 Å². The number of ketones is 1. The summed E-state index contributed by atoms with van der Waals surface area (Å²) in [6.45, 7) is 0.692. The van der Waals surface area contributed by atoms with Crippen molar-refractivity contribution >= 4 is 17.6 Å². The van der Waals surface area contributed by atoms with Crippen molar-refractivity contribution in [3.05, 3.63) is 59.9 Å². The van der Waals surface area contributed by atoms with Crippen molar-refractivity contribution in [2.24, 2.45) is 0 Å². The van der Waals surface area contributed by atoms with Gasteiger partial charge >= 0.3 is 0 Å². The molecule has 29 heavy (non-hydrogen) atoms. The fourth-order valence-electron chi connectivity index (χ4n) is 3.89. The van der Waals surface area contributed by atoms with Crippen LogP contribution in [-0.4, -0.2) is 46.2 Å². The first-order valence-corrected chi connectivity index (χ1v) is 9.80. The molecule has 1 unspecified atom stereocenters. The third kappa shape index (κ3) is 4.29. The summed E-state index contributed by atoms with van der Waals surface area (Å²) in [5.74, 6) is 0.300. The SMILES string of the molecule is O=C(CN1CCC2(CCC1=O)CC(=O)c1ccccc1O2)NCc1ccccn1. The number of para-hydroxylation sites is 1. The average molecular weight is 393 g/mol. The number of benzene rings is 1. The number of carbonyl (C=O) groups is 3. The van der Waals surface area contributed by atoms with E-state index in [1.165, 1.54) is 0 Å². The van der Waals surface area contributed by atoms with Gasteiger partial charge in [0.25, 0.3) is 0 Å². The number of hydrogen-bond acceptors (Lipinski definition) is 5. The number of hydrogen-bond donors (Lipinski definition) is 1. The highest BCUT2D eigenvalue weighted by atomic mass is 16.5. The number of ether oxygens (including phenoxy) is 1. The largest absolute Gasteiger partial charge is 0.486 e. The van der Waals surface area contributed by atoms with Gasteiger partial charge in [0.15, 0.2) is 5.78 Å². The van der Waals surface area contributed by atoms with E-state index in [1.807, 2.05) is 30.3 Å². The maximum absolute atomic E-state index is 12.6. The molecule has 2 aliphatic heterocycles. The summed E-state index contributed by atoms with van der Waals surface area (Å²) >= 11 is 0. The van der Waals surface area contributed by atoms with Crippen LogP contribution in [0.15, 0.2) is 48.7 Å². The van der Waals surface area contributed by atoms with Crippen molar-refractivity contribution < 1.29 is 19.1 Å². The lowest BCUT2D eigenvalue weighted by Gasteiger charge is -2.37. The molecular weight excluding hydrogens is 370 g/mol. The maximum atomic E-state index is 12.6. The van der Waals surface area contributed by atoms with Crippen molar-refractivity contribution in [3.8, 4) is 5.75 Å². The lowest BCUT2D eigenvalue weighted by Crippen LogP contribution is -2.44. The molecule has 7 heteroatoms. The monoisotopic (exact) mass is 393 g/mol. The minimum atomic E-state index is -0.680. The Bertz CT molecular complexity index is 931. The first-order chi connectivity index (χ1) is 14.0. The summed E-state index contributed by atoms with van der Waals surface area (Å²) in [4.78, 5) is 43.2. The third-order valence-electron chi connectivity index (χ3n) is 5.51. The molecule has 1 spiro atoms. The summed E-state index contributed by atoms with van der Waals surface area (Å²) in [7, 11) is 0. The highest BCUT2D eigenvalue weighted by molar-refractivity contribution is 6.00. The van der Waals surface area contributed by atoms with Crippen LogP contribution in [-0.2, 0) is 16.1 Å². The Morgan fingerprint density at radius 3 is 2.79 bits per heavy atom. The van der Waals surface area contributed by atoms with Crippen LogP contribution in [0.2, 0.25) is 0 Å². The smallest absolute Gasteiger partial charge is 0.239 e. The lowest BCUT2D eigenvalue weighted by molar-refractivity contribution is -0.135. The van der Waals surface area contributed by atoms with Crippen LogP contribution in [0, 0.1) is 0 Å². The molecule has 2 aliphatic rings. The first-order valence-electron chi connectivity index (χ1n) is 9.80. The summed E-state index contributed by atoms with van der Waals surface area (Å²) < 4.78 is 6.21. The van der Waals surface area contributed by atoms with E-state index in [0.29, 0.717) is 37.2 Å². The van der Waals surface area contributed by atoms with Crippen LogP contribution in [0.4, 0.5) is 0 Å². The number of amides is 2. The Hall–Kier alpha value is -3.22. The van der Waals surface area contributed by atoms with Gasteiger partial charge in [0, 0.05) is 25.6 Å². The number of pyridine rings is 1. The van der Waals surface area contributed by atoms with E-state index >= 15 is 0 Å². The topological polar surface area (TPSA) is 88.6 Å². The number of nitrogens with one attached hydrogen (secondary N) is 1. The molecule has 0 aliphatic carbocycles. The first kappa shape index (κ1) is 19.1. The van der Waals surface area contributed by atoms with Gasteiger partial charge in [-0.05, 0) is 30.7 Å². The molecule has 1 aromatic carbocycles. The number of nitrogens with zero attached hydrogens (tertiary/aromatic N) is 2. The van der Waals surface area contributed by atoms with Crippen molar-refractivity contribution in [2.75, 3.05) is 13.1 Å². The van der Waals surface area contributed by atoms with Gasteiger partial charge in [-0.1, -0.05) is 18.2 Å². The number of rotatable bonds is 4. The van der Waals surface area contributed by atoms with Gasteiger partial charge in [-0.25, -0.2) is 0 Å². The molecule has 1 fully saturated rings. The molecular formula is C22H23N3O4. The molecule has 3 heterocycles. The standard InChI is InChI=1S/C22H23N3O4/c26-18-13-22(29-19-7-2-1-6-17(18)19)9-8-21(28)25(12-10-22)15-20(27)24-14-16-5-3-4-11-23-16/h1-7,11H,8-10,12-15H2,(H,24,27). The van der Waals surface area contributed by atoms with Crippen molar-refractivity contribution in [1.29, 1.82) is 0 Å². The second-order valence-corrected chi connectivity index (χ2v) is 7.54. The van der Waals surface area contributed by atoms with Crippen molar-refractivity contribution in [1.82, 2.24) is 15.2 Å². The summed E-state index contributed by atoms with van der Waals surface area (Å²) in [6.07, 6.45) is 3.17. The Morgan fingerprint density at radius 1 is 1.14 bits per heavy atom. The third-order valence-corrected chi connectivity index (χ3v) is 5.51. The summed E-state index contributed by atoms with van der Waals surface area (Å²) in [6, 6.07) is 12.7. The molecule has 1 saturated heterocycles. The molecule has 1 N–H and O–H groups in total. The molecule has 7 nitrogen and oxygen atoms in total. The van der Waals surface area contributed by atoms with Crippen LogP contribution in [0.5, 0.6) is 5.75 Å². The molecule has 0 bridgehead atoms. The minimum Gasteiger partial charge on any atom is -0.486 e. The summed E-state index contributed by atoms with van der Waals surface area (Å²) in [5, 5.41) is 2.80. The Morgan fingerprint density at radius 2 is 1.97 bits per heavy atom. The predicted molar refractivity (Wildman–Crippen MR) is 105 cm³/mol. The van der Waals surface area contributed by atoms with Gasteiger partial charge in [-0.2, -0.15) is 0 Å². The quantitative estimate of drug-likeness (QED) is 0.860. The number of fused-ring (bicyclic) bond motifs is 1. The Labute approximate surface area is 169 Å². The summed E-state index contributed by atoms with van der Waals surface area (Å²) in [5.41, 5.74) is 0.675. The van der Waals surface area contributed by atoms with Gasteiger partial charge in [-0.3, -0.25) is 19.4 Å². The van der Waals surface area contributed by atoms with Gasteiger partial charge in [0.05, 0.1) is 30.8 Å². The molecule has 4 rings (SSSR count). The van der Waals surface area contributed by atoms with E-state index in [4.69, 9.17) is 4.74 Å². The fourth-order valence-corrected chi connectivity index (χ4v) is 3.89. The zero-order valence-electron chi connectivity index (χ0n) is 16.1. The lowest BCUT2D eigenvalue weighted by atomic mass is 9.84. The second kappa shape index (κ2) is 8.03.